The molecule has 0 spiro atoms. The maximum Gasteiger partial charge on any atom is 0.123 e. The molecular formula is C10H14BFO. The van der Waals surface area contributed by atoms with Gasteiger partial charge in [-0.3, -0.25) is 0 Å². The highest BCUT2D eigenvalue weighted by molar-refractivity contribution is 6.15. The molecule has 0 heterocycles. The van der Waals surface area contributed by atoms with Gasteiger partial charge < -0.3 is 4.74 Å². The lowest BCUT2D eigenvalue weighted by Gasteiger charge is -2.21. The van der Waals surface area contributed by atoms with Crippen molar-refractivity contribution in [3.8, 4) is 5.75 Å². The average molecular weight is 180 g/mol. The van der Waals surface area contributed by atoms with Crippen LogP contribution in [0.1, 0.15) is 19.4 Å². The highest BCUT2D eigenvalue weighted by Crippen LogP contribution is 2.29. The normalized spacial score (nSPS) is 11.4. The minimum atomic E-state index is -0.217. The molecule has 0 atom stereocenters. The predicted octanol–water partition coefficient (Wildman–Crippen LogP) is 1.70. The summed E-state index contributed by atoms with van der Waals surface area (Å²) >= 11 is 0. The molecule has 0 aromatic heterocycles. The molecule has 1 aromatic carbocycles. The lowest BCUT2D eigenvalue weighted by Crippen LogP contribution is -2.18. The van der Waals surface area contributed by atoms with Crippen LogP contribution in [0, 0.1) is 5.82 Å². The summed E-state index contributed by atoms with van der Waals surface area (Å²) in [5.74, 6) is 0.527. The number of hydrogen-bond acceptors (Lipinski definition) is 1. The van der Waals surface area contributed by atoms with E-state index < -0.39 is 0 Å². The van der Waals surface area contributed by atoms with Crippen molar-refractivity contribution in [2.75, 3.05) is 7.11 Å². The molecular weight excluding hydrogens is 166 g/mol. The Hall–Kier alpha value is -0.985. The summed E-state index contributed by atoms with van der Waals surface area (Å²) in [4.78, 5) is 0. The fraction of sp³-hybridized carbons (Fsp3) is 0.400. The first-order valence-electron chi connectivity index (χ1n) is 4.29. The van der Waals surface area contributed by atoms with Gasteiger partial charge in [0.15, 0.2) is 0 Å². The summed E-state index contributed by atoms with van der Waals surface area (Å²) in [5, 5.41) is -0.0898. The Kier molecular flexibility index (Phi) is 2.64. The molecule has 0 aliphatic carbocycles. The molecule has 0 aliphatic rings. The molecule has 0 amide bonds. The SMILES string of the molecule is BC(C)(C)c1cc(F)ccc1OC. The Morgan fingerprint density at radius 3 is 2.46 bits per heavy atom. The van der Waals surface area contributed by atoms with Gasteiger partial charge in [0, 0.05) is 0 Å². The zero-order chi connectivity index (χ0) is 10.1. The van der Waals surface area contributed by atoms with Crippen LogP contribution in [0.4, 0.5) is 4.39 Å². The van der Waals surface area contributed by atoms with Crippen LogP contribution in [0.2, 0.25) is 0 Å². The van der Waals surface area contributed by atoms with Crippen LogP contribution < -0.4 is 4.74 Å². The number of ether oxygens (including phenoxy) is 1. The van der Waals surface area contributed by atoms with E-state index in [1.165, 1.54) is 12.1 Å². The van der Waals surface area contributed by atoms with E-state index in [0.29, 0.717) is 0 Å². The number of rotatable bonds is 2. The molecule has 13 heavy (non-hydrogen) atoms. The van der Waals surface area contributed by atoms with Crippen LogP contribution in [0.15, 0.2) is 18.2 Å². The van der Waals surface area contributed by atoms with Crippen molar-refractivity contribution in [1.29, 1.82) is 0 Å². The Labute approximate surface area is 79.3 Å². The van der Waals surface area contributed by atoms with Gasteiger partial charge in [0.05, 0.1) is 7.11 Å². The Balaban J connectivity index is 3.24. The topological polar surface area (TPSA) is 9.23 Å². The first-order valence-corrected chi connectivity index (χ1v) is 4.29. The molecule has 0 fully saturated rings. The second-order valence-corrected chi connectivity index (χ2v) is 4.09. The van der Waals surface area contributed by atoms with Gasteiger partial charge in [-0.05, 0) is 29.1 Å². The third-order valence-corrected chi connectivity index (χ3v) is 1.97. The fourth-order valence-corrected chi connectivity index (χ4v) is 1.27. The summed E-state index contributed by atoms with van der Waals surface area (Å²) in [5.41, 5.74) is 0.898. The van der Waals surface area contributed by atoms with Gasteiger partial charge in [-0.2, -0.15) is 0 Å². The number of benzene rings is 1. The Bertz CT molecular complexity index is 304. The minimum Gasteiger partial charge on any atom is -0.496 e. The highest BCUT2D eigenvalue weighted by Gasteiger charge is 2.19. The predicted molar refractivity (Wildman–Crippen MR) is 54.5 cm³/mol. The van der Waals surface area contributed by atoms with Gasteiger partial charge in [-0.15, -0.1) is 0 Å². The standard InChI is InChI=1S/C10H14BFO/c1-10(2,11)8-6-7(12)4-5-9(8)13-3/h4-6H,11H2,1-3H3. The molecule has 0 unspecified atom stereocenters. The summed E-state index contributed by atoms with van der Waals surface area (Å²) < 4.78 is 18.1. The van der Waals surface area contributed by atoms with Gasteiger partial charge in [0.2, 0.25) is 0 Å². The first kappa shape index (κ1) is 10.1. The van der Waals surface area contributed by atoms with Gasteiger partial charge in [0.1, 0.15) is 19.4 Å². The van der Waals surface area contributed by atoms with E-state index >= 15 is 0 Å². The molecule has 1 aromatic rings. The molecule has 0 radical (unpaired) electrons. The molecule has 70 valence electrons. The molecule has 1 rings (SSSR count). The van der Waals surface area contributed by atoms with Gasteiger partial charge in [0.25, 0.3) is 0 Å². The lowest BCUT2D eigenvalue weighted by atomic mass is 9.67. The van der Waals surface area contributed by atoms with Crippen molar-refractivity contribution in [3.63, 3.8) is 0 Å². The van der Waals surface area contributed by atoms with Crippen molar-refractivity contribution in [1.82, 2.24) is 0 Å². The Morgan fingerprint density at radius 2 is 2.00 bits per heavy atom. The van der Waals surface area contributed by atoms with Crippen LogP contribution >= 0.6 is 0 Å². The van der Waals surface area contributed by atoms with Crippen molar-refractivity contribution in [2.45, 2.75) is 19.2 Å². The monoisotopic (exact) mass is 180 g/mol. The molecule has 0 bridgehead atoms. The number of halogens is 1. The molecule has 3 heteroatoms. The zero-order valence-electron chi connectivity index (χ0n) is 8.52. The molecule has 1 nitrogen and oxygen atoms in total. The van der Waals surface area contributed by atoms with Crippen LogP contribution in [0.5, 0.6) is 5.75 Å². The lowest BCUT2D eigenvalue weighted by molar-refractivity contribution is 0.403. The van der Waals surface area contributed by atoms with E-state index in [1.54, 1.807) is 13.2 Å². The molecule has 0 aliphatic heterocycles. The highest BCUT2D eigenvalue weighted by atomic mass is 19.1. The van der Waals surface area contributed by atoms with Crippen LogP contribution in [-0.4, -0.2) is 15.0 Å². The Morgan fingerprint density at radius 1 is 1.38 bits per heavy atom. The van der Waals surface area contributed by atoms with E-state index in [4.69, 9.17) is 4.74 Å². The van der Waals surface area contributed by atoms with Gasteiger partial charge in [-0.1, -0.05) is 13.8 Å². The van der Waals surface area contributed by atoms with Gasteiger partial charge in [-0.25, -0.2) is 4.39 Å². The number of methoxy groups -OCH3 is 1. The van der Waals surface area contributed by atoms with Gasteiger partial charge >= 0.3 is 0 Å². The second-order valence-electron chi connectivity index (χ2n) is 4.09. The van der Waals surface area contributed by atoms with Crippen molar-refractivity contribution in [3.05, 3.63) is 29.6 Å². The minimum absolute atomic E-state index is 0.0898. The summed E-state index contributed by atoms with van der Waals surface area (Å²) in [7, 11) is 3.63. The fourth-order valence-electron chi connectivity index (χ4n) is 1.27. The van der Waals surface area contributed by atoms with Crippen LogP contribution in [0.3, 0.4) is 0 Å². The molecule has 0 N–H and O–H groups in total. The summed E-state index contributed by atoms with van der Waals surface area (Å²) in [6.45, 7) is 4.06. The smallest absolute Gasteiger partial charge is 0.123 e. The van der Waals surface area contributed by atoms with E-state index in [2.05, 4.69) is 0 Å². The number of hydrogen-bond donors (Lipinski definition) is 0. The summed E-state index contributed by atoms with van der Waals surface area (Å²) in [6.07, 6.45) is 0. The van der Waals surface area contributed by atoms with Crippen molar-refractivity contribution >= 4 is 7.85 Å². The maximum atomic E-state index is 13.0. The second kappa shape index (κ2) is 3.40. The molecule has 0 saturated heterocycles. The zero-order valence-corrected chi connectivity index (χ0v) is 8.52. The summed E-state index contributed by atoms with van der Waals surface area (Å²) in [6, 6.07) is 4.60. The largest absolute Gasteiger partial charge is 0.496 e. The van der Waals surface area contributed by atoms with E-state index in [9.17, 15) is 4.39 Å². The van der Waals surface area contributed by atoms with Crippen LogP contribution in [-0.2, 0) is 5.31 Å². The third-order valence-electron chi connectivity index (χ3n) is 1.97. The average Bonchev–Trinajstić information content (AvgIpc) is 2.03. The van der Waals surface area contributed by atoms with E-state index in [-0.39, 0.29) is 11.1 Å². The van der Waals surface area contributed by atoms with Crippen molar-refractivity contribution in [2.24, 2.45) is 0 Å². The molecule has 0 saturated carbocycles. The maximum absolute atomic E-state index is 13.0. The van der Waals surface area contributed by atoms with Crippen LogP contribution in [0.25, 0.3) is 0 Å². The third kappa shape index (κ3) is 2.23. The van der Waals surface area contributed by atoms with E-state index in [0.717, 1.165) is 11.3 Å². The first-order chi connectivity index (χ1) is 5.95. The quantitative estimate of drug-likeness (QED) is 0.629. The van der Waals surface area contributed by atoms with Crippen molar-refractivity contribution < 1.29 is 9.13 Å². The van der Waals surface area contributed by atoms with E-state index in [1.807, 2.05) is 21.7 Å².